The summed E-state index contributed by atoms with van der Waals surface area (Å²) in [6.07, 6.45) is -3.62. The molecule has 6 atom stereocenters. The summed E-state index contributed by atoms with van der Waals surface area (Å²) in [5.74, 6) is -3.41. The van der Waals surface area contributed by atoms with Gasteiger partial charge >= 0.3 is 23.9 Å². The second-order valence-corrected chi connectivity index (χ2v) is 6.16. The molecule has 0 N–H and O–H groups in total. The molecule has 2 aliphatic rings. The third-order valence-electron chi connectivity index (χ3n) is 4.16. The number of esters is 4. The van der Waals surface area contributed by atoms with Crippen molar-refractivity contribution in [3.8, 4) is 0 Å². The van der Waals surface area contributed by atoms with E-state index in [1.165, 1.54) is 27.7 Å². The molecule has 0 amide bonds. The second kappa shape index (κ2) is 7.81. The summed E-state index contributed by atoms with van der Waals surface area (Å²) in [5.41, 5.74) is 0. The molecule has 1 aliphatic heterocycles. The van der Waals surface area contributed by atoms with Crippen LogP contribution in [0.5, 0.6) is 0 Å². The van der Waals surface area contributed by atoms with Gasteiger partial charge in [0.05, 0.1) is 25.0 Å². The first-order chi connectivity index (χ1) is 11.7. The lowest BCUT2D eigenvalue weighted by Gasteiger charge is -2.50. The summed E-state index contributed by atoms with van der Waals surface area (Å²) in [4.78, 5) is 46.1. The number of ether oxygens (including phenoxy) is 5. The van der Waals surface area contributed by atoms with Gasteiger partial charge in [0.25, 0.3) is 0 Å². The van der Waals surface area contributed by atoms with Crippen LogP contribution in [0.1, 0.15) is 27.7 Å². The average molecular weight is 358 g/mol. The van der Waals surface area contributed by atoms with Crippen LogP contribution in [0, 0.1) is 11.8 Å². The maximum atomic E-state index is 11.5. The van der Waals surface area contributed by atoms with E-state index in [1.54, 1.807) is 0 Å². The summed E-state index contributed by atoms with van der Waals surface area (Å²) < 4.78 is 26.9. The maximum absolute atomic E-state index is 11.5. The molecule has 1 saturated carbocycles. The minimum atomic E-state index is -1.00. The van der Waals surface area contributed by atoms with Crippen molar-refractivity contribution >= 4 is 23.9 Å². The zero-order valence-corrected chi connectivity index (χ0v) is 14.6. The molecule has 1 aliphatic carbocycles. The minimum Gasteiger partial charge on any atom is -0.461 e. The first kappa shape index (κ1) is 19.2. The Morgan fingerprint density at radius 1 is 0.600 bits per heavy atom. The topological polar surface area (TPSA) is 114 Å². The Kier molecular flexibility index (Phi) is 5.99. The van der Waals surface area contributed by atoms with Crippen molar-refractivity contribution in [1.29, 1.82) is 0 Å². The Morgan fingerprint density at radius 3 is 1.28 bits per heavy atom. The number of carbonyl (C=O) groups is 4. The molecule has 140 valence electrons. The smallest absolute Gasteiger partial charge is 0.303 e. The number of fused-ring (bicyclic) bond motifs is 2. The van der Waals surface area contributed by atoms with E-state index >= 15 is 0 Å². The van der Waals surface area contributed by atoms with Crippen LogP contribution in [0.15, 0.2) is 0 Å². The fourth-order valence-corrected chi connectivity index (χ4v) is 3.47. The van der Waals surface area contributed by atoms with E-state index in [9.17, 15) is 19.2 Å². The molecular formula is C16H22O9. The normalized spacial score (nSPS) is 33.8. The minimum absolute atomic E-state index is 0.150. The predicted octanol–water partition coefficient (Wildman–Crippen LogP) is -0.0106. The van der Waals surface area contributed by atoms with Gasteiger partial charge in [-0.05, 0) is 0 Å². The van der Waals surface area contributed by atoms with Gasteiger partial charge in [-0.1, -0.05) is 0 Å². The van der Waals surface area contributed by atoms with Gasteiger partial charge < -0.3 is 23.7 Å². The van der Waals surface area contributed by atoms with E-state index < -0.39 is 60.1 Å². The lowest BCUT2D eigenvalue weighted by Crippen LogP contribution is -2.66. The molecule has 9 nitrogen and oxygen atoms in total. The van der Waals surface area contributed by atoms with Crippen molar-refractivity contribution in [2.45, 2.75) is 52.1 Å². The van der Waals surface area contributed by atoms with E-state index in [1.807, 2.05) is 0 Å². The Morgan fingerprint density at radius 2 is 0.920 bits per heavy atom. The van der Waals surface area contributed by atoms with Crippen molar-refractivity contribution in [2.75, 3.05) is 13.2 Å². The molecule has 25 heavy (non-hydrogen) atoms. The fraction of sp³-hybridized carbons (Fsp3) is 0.750. The molecule has 0 aromatic rings. The van der Waals surface area contributed by atoms with E-state index in [-0.39, 0.29) is 13.2 Å². The van der Waals surface area contributed by atoms with Crippen molar-refractivity contribution in [2.24, 2.45) is 11.8 Å². The maximum Gasteiger partial charge on any atom is 0.303 e. The molecule has 0 radical (unpaired) electrons. The molecule has 0 aromatic carbocycles. The Hall–Kier alpha value is -2.16. The van der Waals surface area contributed by atoms with Gasteiger partial charge in [0.2, 0.25) is 0 Å². The highest BCUT2D eigenvalue weighted by molar-refractivity contribution is 5.69. The number of carbonyl (C=O) groups excluding carboxylic acids is 4. The van der Waals surface area contributed by atoms with Gasteiger partial charge in [-0.15, -0.1) is 0 Å². The highest BCUT2D eigenvalue weighted by Gasteiger charge is 2.59. The highest BCUT2D eigenvalue weighted by atomic mass is 16.6. The Balaban J connectivity index is 2.43. The SMILES string of the molecule is CC(=O)OC1[C@H]2COC[C@@H]1[C@@H](OC(C)=O)C(OC(C)=O)[C@@H]2OC(C)=O. The van der Waals surface area contributed by atoms with E-state index in [0.717, 1.165) is 0 Å². The molecular weight excluding hydrogens is 336 g/mol. The molecule has 2 unspecified atom stereocenters. The fourth-order valence-electron chi connectivity index (χ4n) is 3.47. The second-order valence-electron chi connectivity index (χ2n) is 6.16. The van der Waals surface area contributed by atoms with Crippen LogP contribution in [0.2, 0.25) is 0 Å². The quantitative estimate of drug-likeness (QED) is 0.505. The van der Waals surface area contributed by atoms with Crippen LogP contribution in [-0.2, 0) is 42.9 Å². The predicted molar refractivity (Wildman–Crippen MR) is 80.0 cm³/mol. The zero-order valence-electron chi connectivity index (χ0n) is 14.6. The van der Waals surface area contributed by atoms with Gasteiger partial charge in [-0.3, -0.25) is 19.2 Å². The Bertz CT molecular complexity index is 526. The first-order valence-electron chi connectivity index (χ1n) is 7.97. The first-order valence-corrected chi connectivity index (χ1v) is 7.97. The largest absolute Gasteiger partial charge is 0.461 e. The van der Waals surface area contributed by atoms with Crippen LogP contribution < -0.4 is 0 Å². The summed E-state index contributed by atoms with van der Waals surface area (Å²) in [6, 6.07) is 0. The van der Waals surface area contributed by atoms with Crippen LogP contribution in [-0.4, -0.2) is 61.5 Å². The van der Waals surface area contributed by atoms with E-state index in [0.29, 0.717) is 0 Å². The third-order valence-corrected chi connectivity index (χ3v) is 4.16. The zero-order chi connectivity index (χ0) is 18.7. The van der Waals surface area contributed by atoms with Gasteiger partial charge in [0.15, 0.2) is 18.3 Å². The molecule has 1 heterocycles. The van der Waals surface area contributed by atoms with Crippen molar-refractivity contribution < 1.29 is 42.9 Å². The number of rotatable bonds is 4. The third kappa shape index (κ3) is 4.47. The van der Waals surface area contributed by atoms with Crippen LogP contribution in [0.3, 0.4) is 0 Å². The van der Waals surface area contributed by atoms with Gasteiger partial charge in [-0.25, -0.2) is 0 Å². The van der Waals surface area contributed by atoms with Crippen LogP contribution >= 0.6 is 0 Å². The van der Waals surface area contributed by atoms with E-state index in [2.05, 4.69) is 0 Å². The molecule has 9 heteroatoms. The Labute approximate surface area is 144 Å². The van der Waals surface area contributed by atoms with Gasteiger partial charge in [0.1, 0.15) is 6.10 Å². The molecule has 2 bridgehead atoms. The summed E-state index contributed by atoms with van der Waals surface area (Å²) in [5, 5.41) is 0. The van der Waals surface area contributed by atoms with Gasteiger partial charge in [0, 0.05) is 27.7 Å². The standard InChI is InChI=1S/C16H22O9/c1-7(17)22-13-11-5-21-6-12(13)15(24-9(3)19)16(25-10(4)20)14(11)23-8(2)18/h11-16H,5-6H2,1-4H3/t11-,12+,13?,14-,15-,16?/m1/s1. The van der Waals surface area contributed by atoms with Gasteiger partial charge in [-0.2, -0.15) is 0 Å². The molecule has 0 aromatic heterocycles. The molecule has 1 saturated heterocycles. The van der Waals surface area contributed by atoms with Crippen molar-refractivity contribution in [1.82, 2.24) is 0 Å². The lowest BCUT2D eigenvalue weighted by atomic mass is 9.72. The molecule has 0 spiro atoms. The summed E-state index contributed by atoms with van der Waals surface area (Å²) in [7, 11) is 0. The lowest BCUT2D eigenvalue weighted by molar-refractivity contribution is -0.254. The summed E-state index contributed by atoms with van der Waals surface area (Å²) in [6.45, 7) is 5.19. The van der Waals surface area contributed by atoms with Crippen LogP contribution in [0.4, 0.5) is 0 Å². The number of hydrogen-bond acceptors (Lipinski definition) is 9. The molecule has 2 rings (SSSR count). The monoisotopic (exact) mass is 358 g/mol. The van der Waals surface area contributed by atoms with Crippen molar-refractivity contribution in [3.63, 3.8) is 0 Å². The average Bonchev–Trinajstić information content (AvgIpc) is 2.46. The molecule has 2 fully saturated rings. The highest BCUT2D eigenvalue weighted by Crippen LogP contribution is 2.41. The van der Waals surface area contributed by atoms with Crippen molar-refractivity contribution in [3.05, 3.63) is 0 Å². The summed E-state index contributed by atoms with van der Waals surface area (Å²) >= 11 is 0. The van der Waals surface area contributed by atoms with E-state index in [4.69, 9.17) is 23.7 Å². The van der Waals surface area contributed by atoms with Crippen LogP contribution in [0.25, 0.3) is 0 Å². The number of hydrogen-bond donors (Lipinski definition) is 0.